The van der Waals surface area contributed by atoms with Gasteiger partial charge in [0.2, 0.25) is 0 Å². The highest BCUT2D eigenvalue weighted by Gasteiger charge is 2.19. The smallest absolute Gasteiger partial charge is 0.339 e. The van der Waals surface area contributed by atoms with Crippen LogP contribution in [0.3, 0.4) is 0 Å². The van der Waals surface area contributed by atoms with Crippen molar-refractivity contribution in [1.82, 2.24) is 15.2 Å². The molecule has 138 valence electrons. The van der Waals surface area contributed by atoms with Crippen molar-refractivity contribution in [1.29, 1.82) is 0 Å². The highest BCUT2D eigenvalue weighted by atomic mass is 16.5. The summed E-state index contributed by atoms with van der Waals surface area (Å²) in [7, 11) is 0. The van der Waals surface area contributed by atoms with Gasteiger partial charge >= 0.3 is 18.0 Å². The number of carbonyl (C=O) groups is 4. The van der Waals surface area contributed by atoms with Gasteiger partial charge in [-0.1, -0.05) is 0 Å². The number of esters is 2. The Morgan fingerprint density at radius 1 is 1.12 bits per heavy atom. The van der Waals surface area contributed by atoms with Gasteiger partial charge < -0.3 is 19.4 Å². The third-order valence-corrected chi connectivity index (χ3v) is 3.31. The minimum atomic E-state index is -0.729. The van der Waals surface area contributed by atoms with Crippen molar-refractivity contribution in [3.63, 3.8) is 0 Å². The predicted molar refractivity (Wildman–Crippen MR) is 88.0 cm³/mol. The minimum absolute atomic E-state index is 0.161. The van der Waals surface area contributed by atoms with Crippen molar-refractivity contribution >= 4 is 23.9 Å². The number of aromatic nitrogens is 1. The maximum absolute atomic E-state index is 11.9. The molecule has 25 heavy (non-hydrogen) atoms. The Kier molecular flexibility index (Phi) is 7.64. The van der Waals surface area contributed by atoms with E-state index in [1.165, 1.54) is 0 Å². The first-order valence-corrected chi connectivity index (χ1v) is 7.87. The molecule has 9 heteroatoms. The van der Waals surface area contributed by atoms with E-state index < -0.39 is 30.5 Å². The highest BCUT2D eigenvalue weighted by molar-refractivity contribution is 5.95. The molecule has 0 atom stereocenters. The molecule has 0 fully saturated rings. The molecule has 1 rings (SSSR count). The number of nitrogens with one attached hydrogen (secondary N) is 2. The molecular weight excluding hydrogens is 330 g/mol. The number of rotatable bonds is 7. The SMILES string of the molecule is CCNC(=O)NC(=O)COC(=O)Cn1c(C)cc(C(=O)OCC)c1C. The molecule has 0 aromatic carbocycles. The van der Waals surface area contributed by atoms with Gasteiger partial charge in [0.05, 0.1) is 12.2 Å². The number of aryl methyl sites for hydroxylation is 1. The van der Waals surface area contributed by atoms with Crippen LogP contribution in [0.1, 0.15) is 35.6 Å². The summed E-state index contributed by atoms with van der Waals surface area (Å²) < 4.78 is 11.4. The molecule has 0 aliphatic carbocycles. The molecule has 0 aliphatic heterocycles. The molecule has 0 radical (unpaired) electrons. The van der Waals surface area contributed by atoms with Crippen LogP contribution in [0.4, 0.5) is 4.79 Å². The molecule has 0 bridgehead atoms. The number of urea groups is 1. The molecule has 1 aromatic heterocycles. The number of amides is 3. The van der Waals surface area contributed by atoms with E-state index >= 15 is 0 Å². The third-order valence-electron chi connectivity index (χ3n) is 3.31. The zero-order valence-electron chi connectivity index (χ0n) is 14.8. The quantitative estimate of drug-likeness (QED) is 0.696. The third kappa shape index (κ3) is 5.94. The zero-order chi connectivity index (χ0) is 19.0. The molecule has 0 saturated carbocycles. The van der Waals surface area contributed by atoms with Crippen molar-refractivity contribution in [2.45, 2.75) is 34.2 Å². The minimum Gasteiger partial charge on any atom is -0.462 e. The lowest BCUT2D eigenvalue weighted by Crippen LogP contribution is -2.41. The first-order valence-electron chi connectivity index (χ1n) is 7.87. The largest absolute Gasteiger partial charge is 0.462 e. The average molecular weight is 353 g/mol. The molecule has 1 aromatic rings. The van der Waals surface area contributed by atoms with Crippen LogP contribution < -0.4 is 10.6 Å². The molecule has 0 aliphatic rings. The Balaban J connectivity index is 2.61. The van der Waals surface area contributed by atoms with Gasteiger partial charge in [-0.15, -0.1) is 0 Å². The summed E-state index contributed by atoms with van der Waals surface area (Å²) in [5, 5.41) is 4.40. The first-order chi connectivity index (χ1) is 11.8. The topological polar surface area (TPSA) is 116 Å². The number of hydrogen-bond donors (Lipinski definition) is 2. The lowest BCUT2D eigenvalue weighted by atomic mass is 10.2. The van der Waals surface area contributed by atoms with Gasteiger partial charge in [0.1, 0.15) is 6.54 Å². The van der Waals surface area contributed by atoms with Crippen LogP contribution in [0.15, 0.2) is 6.07 Å². The standard InChI is InChI=1S/C16H23N3O6/c1-5-17-16(23)18-13(20)9-25-14(21)8-19-10(3)7-12(11(19)4)15(22)24-6-2/h7H,5-6,8-9H2,1-4H3,(H2,17,18,20,23). The van der Waals surface area contributed by atoms with E-state index in [0.717, 1.165) is 0 Å². The van der Waals surface area contributed by atoms with Gasteiger partial charge in [0.15, 0.2) is 6.61 Å². The molecule has 0 saturated heterocycles. The maximum atomic E-state index is 11.9. The summed E-state index contributed by atoms with van der Waals surface area (Å²) in [5.74, 6) is -1.85. The summed E-state index contributed by atoms with van der Waals surface area (Å²) >= 11 is 0. The second-order valence-corrected chi connectivity index (χ2v) is 5.16. The van der Waals surface area contributed by atoms with Crippen LogP contribution in [-0.2, 0) is 25.6 Å². The highest BCUT2D eigenvalue weighted by Crippen LogP contribution is 2.16. The number of ether oxygens (including phenoxy) is 2. The van der Waals surface area contributed by atoms with E-state index in [4.69, 9.17) is 9.47 Å². The Labute approximate surface area is 145 Å². The fourth-order valence-corrected chi connectivity index (χ4v) is 2.15. The van der Waals surface area contributed by atoms with Crippen LogP contribution in [0.5, 0.6) is 0 Å². The van der Waals surface area contributed by atoms with Crippen LogP contribution in [0.25, 0.3) is 0 Å². The normalized spacial score (nSPS) is 10.1. The molecule has 9 nitrogen and oxygen atoms in total. The monoisotopic (exact) mass is 353 g/mol. The first kappa shape index (κ1) is 20.2. The number of hydrogen-bond acceptors (Lipinski definition) is 6. The predicted octanol–water partition coefficient (Wildman–Crippen LogP) is 0.671. The van der Waals surface area contributed by atoms with E-state index in [-0.39, 0.29) is 13.2 Å². The van der Waals surface area contributed by atoms with Crippen molar-refractivity contribution in [3.05, 3.63) is 23.0 Å². The second kappa shape index (κ2) is 9.45. The average Bonchev–Trinajstić information content (AvgIpc) is 2.81. The summed E-state index contributed by atoms with van der Waals surface area (Å²) in [5.41, 5.74) is 1.63. The van der Waals surface area contributed by atoms with Crippen molar-refractivity contribution in [3.8, 4) is 0 Å². The number of imide groups is 1. The molecule has 0 unspecified atom stereocenters. The maximum Gasteiger partial charge on any atom is 0.339 e. The van der Waals surface area contributed by atoms with Gasteiger partial charge in [0, 0.05) is 17.9 Å². The summed E-state index contributed by atoms with van der Waals surface area (Å²) in [6.07, 6.45) is 0. The number of nitrogens with zero attached hydrogens (tertiary/aromatic N) is 1. The Bertz CT molecular complexity index is 665. The summed E-state index contributed by atoms with van der Waals surface area (Å²) in [4.78, 5) is 46.4. The van der Waals surface area contributed by atoms with Crippen LogP contribution >= 0.6 is 0 Å². The van der Waals surface area contributed by atoms with Gasteiger partial charge in [0.25, 0.3) is 5.91 Å². The van der Waals surface area contributed by atoms with Gasteiger partial charge in [-0.25, -0.2) is 9.59 Å². The van der Waals surface area contributed by atoms with Crippen LogP contribution in [-0.4, -0.2) is 48.2 Å². The van der Waals surface area contributed by atoms with Crippen molar-refractivity contribution < 1.29 is 28.7 Å². The van der Waals surface area contributed by atoms with E-state index in [1.807, 2.05) is 5.32 Å². The van der Waals surface area contributed by atoms with E-state index in [1.54, 1.807) is 38.3 Å². The van der Waals surface area contributed by atoms with Gasteiger partial charge in [-0.3, -0.25) is 14.9 Å². The number of carbonyl (C=O) groups excluding carboxylic acids is 4. The molecule has 1 heterocycles. The summed E-state index contributed by atoms with van der Waals surface area (Å²) in [6, 6.07) is 0.974. The Morgan fingerprint density at radius 2 is 1.80 bits per heavy atom. The van der Waals surface area contributed by atoms with Crippen LogP contribution in [0.2, 0.25) is 0 Å². The van der Waals surface area contributed by atoms with Crippen molar-refractivity contribution in [2.24, 2.45) is 0 Å². The Hall–Kier alpha value is -2.84. The van der Waals surface area contributed by atoms with Gasteiger partial charge in [-0.2, -0.15) is 0 Å². The van der Waals surface area contributed by atoms with Crippen LogP contribution in [0, 0.1) is 13.8 Å². The molecular formula is C16H23N3O6. The zero-order valence-corrected chi connectivity index (χ0v) is 14.8. The van der Waals surface area contributed by atoms with Crippen molar-refractivity contribution in [2.75, 3.05) is 19.8 Å². The fraction of sp³-hybridized carbons (Fsp3) is 0.500. The van der Waals surface area contributed by atoms with E-state index in [0.29, 0.717) is 23.5 Å². The van der Waals surface area contributed by atoms with E-state index in [2.05, 4.69) is 5.32 Å². The molecule has 0 spiro atoms. The fourth-order valence-electron chi connectivity index (χ4n) is 2.15. The van der Waals surface area contributed by atoms with E-state index in [9.17, 15) is 19.2 Å². The lowest BCUT2D eigenvalue weighted by molar-refractivity contribution is -0.148. The Morgan fingerprint density at radius 3 is 2.40 bits per heavy atom. The lowest BCUT2D eigenvalue weighted by Gasteiger charge is -2.10. The van der Waals surface area contributed by atoms with Gasteiger partial charge in [-0.05, 0) is 33.8 Å². The second-order valence-electron chi connectivity index (χ2n) is 5.16. The molecule has 3 amide bonds. The summed E-state index contributed by atoms with van der Waals surface area (Å²) in [6.45, 7) is 6.74. The molecule has 2 N–H and O–H groups in total.